The van der Waals surface area contributed by atoms with Crippen molar-refractivity contribution in [2.75, 3.05) is 13.2 Å². The first-order valence-corrected chi connectivity index (χ1v) is 10.4. The van der Waals surface area contributed by atoms with Crippen molar-refractivity contribution in [3.8, 4) is 11.5 Å². The first-order chi connectivity index (χ1) is 15.0. The number of hydrogen-bond acceptors (Lipinski definition) is 4. The zero-order chi connectivity index (χ0) is 22.1. The average Bonchev–Trinajstić information content (AvgIpc) is 2.75. The quantitative estimate of drug-likeness (QED) is 0.271. The van der Waals surface area contributed by atoms with Gasteiger partial charge < -0.3 is 9.47 Å². The number of hydrazone groups is 1. The summed E-state index contributed by atoms with van der Waals surface area (Å²) in [4.78, 5) is 12.1. The summed E-state index contributed by atoms with van der Waals surface area (Å²) in [6.45, 7) is 5.21. The Morgan fingerprint density at radius 3 is 2.45 bits per heavy atom. The van der Waals surface area contributed by atoms with Gasteiger partial charge in [-0.2, -0.15) is 5.10 Å². The van der Waals surface area contributed by atoms with E-state index in [1.807, 2.05) is 56.3 Å². The maximum atomic E-state index is 12.1. The van der Waals surface area contributed by atoms with E-state index in [0.717, 1.165) is 34.6 Å². The molecule has 0 unspecified atom stereocenters. The molecule has 0 heterocycles. The first kappa shape index (κ1) is 22.4. The molecule has 0 saturated heterocycles. The summed E-state index contributed by atoms with van der Waals surface area (Å²) in [5.41, 5.74) is 6.03. The lowest BCUT2D eigenvalue weighted by atomic mass is 10.1. The van der Waals surface area contributed by atoms with Crippen LogP contribution in [0, 0.1) is 13.8 Å². The molecule has 0 aliphatic rings. The van der Waals surface area contributed by atoms with Crippen LogP contribution in [0.2, 0.25) is 5.02 Å². The van der Waals surface area contributed by atoms with E-state index in [2.05, 4.69) is 10.5 Å². The summed E-state index contributed by atoms with van der Waals surface area (Å²) in [5, 5.41) is 4.51. The van der Waals surface area contributed by atoms with Gasteiger partial charge in [-0.05, 0) is 60.9 Å². The van der Waals surface area contributed by atoms with E-state index in [1.54, 1.807) is 30.5 Å². The highest BCUT2D eigenvalue weighted by Gasteiger charge is 2.05. The Balaban J connectivity index is 1.44. The van der Waals surface area contributed by atoms with Crippen molar-refractivity contribution in [1.29, 1.82) is 0 Å². The Hall–Kier alpha value is -3.31. The van der Waals surface area contributed by atoms with Crippen LogP contribution < -0.4 is 14.9 Å². The molecule has 0 saturated carbocycles. The Labute approximate surface area is 187 Å². The fourth-order valence-corrected chi connectivity index (χ4v) is 3.18. The molecule has 3 rings (SSSR count). The second-order valence-electron chi connectivity index (χ2n) is 7.05. The lowest BCUT2D eigenvalue weighted by Gasteiger charge is -2.12. The van der Waals surface area contributed by atoms with Gasteiger partial charge in [0.1, 0.15) is 11.5 Å². The SMILES string of the molecule is Cc1cccc(C)c1OCCCOc1cccc(/C=N\NC(=O)c2cccc(Cl)c2)c1. The second-order valence-corrected chi connectivity index (χ2v) is 7.49. The molecule has 0 atom stereocenters. The number of amides is 1. The van der Waals surface area contributed by atoms with Crippen molar-refractivity contribution in [3.63, 3.8) is 0 Å². The highest BCUT2D eigenvalue weighted by Crippen LogP contribution is 2.22. The van der Waals surface area contributed by atoms with Crippen molar-refractivity contribution in [3.05, 3.63) is 94.0 Å². The van der Waals surface area contributed by atoms with Gasteiger partial charge in [-0.1, -0.05) is 48.0 Å². The molecule has 0 spiro atoms. The van der Waals surface area contributed by atoms with E-state index in [-0.39, 0.29) is 5.91 Å². The Morgan fingerprint density at radius 1 is 0.968 bits per heavy atom. The van der Waals surface area contributed by atoms with Crippen LogP contribution in [0.4, 0.5) is 0 Å². The van der Waals surface area contributed by atoms with Crippen molar-refractivity contribution in [2.45, 2.75) is 20.3 Å². The number of ether oxygens (including phenoxy) is 2. The molecule has 1 amide bonds. The fourth-order valence-electron chi connectivity index (χ4n) is 2.99. The predicted molar refractivity (Wildman–Crippen MR) is 124 cm³/mol. The van der Waals surface area contributed by atoms with E-state index in [0.29, 0.717) is 23.8 Å². The number of para-hydroxylation sites is 1. The standard InChI is InChI=1S/C25H25ClN2O3/c1-18-7-3-8-19(2)24(18)31-14-6-13-30-23-12-4-9-20(15-23)17-27-28-25(29)21-10-5-11-22(26)16-21/h3-5,7-12,15-17H,6,13-14H2,1-2H3,(H,28,29)/b27-17-. The van der Waals surface area contributed by atoms with E-state index in [9.17, 15) is 4.79 Å². The third-order valence-corrected chi connectivity index (χ3v) is 4.77. The fraction of sp³-hybridized carbons (Fsp3) is 0.200. The lowest BCUT2D eigenvalue weighted by molar-refractivity contribution is 0.0955. The van der Waals surface area contributed by atoms with Gasteiger partial charge in [-0.3, -0.25) is 4.79 Å². The molecular weight excluding hydrogens is 412 g/mol. The summed E-state index contributed by atoms with van der Waals surface area (Å²) in [7, 11) is 0. The third kappa shape index (κ3) is 6.86. The molecule has 160 valence electrons. The number of benzene rings is 3. The minimum Gasteiger partial charge on any atom is -0.493 e. The molecule has 0 bridgehead atoms. The van der Waals surface area contributed by atoms with E-state index in [1.165, 1.54) is 0 Å². The van der Waals surface area contributed by atoms with Gasteiger partial charge in [0, 0.05) is 17.0 Å². The zero-order valence-electron chi connectivity index (χ0n) is 17.6. The molecular formula is C25H25ClN2O3. The third-order valence-electron chi connectivity index (χ3n) is 4.54. The van der Waals surface area contributed by atoms with Crippen LogP contribution in [-0.4, -0.2) is 25.3 Å². The smallest absolute Gasteiger partial charge is 0.271 e. The van der Waals surface area contributed by atoms with Gasteiger partial charge in [0.05, 0.1) is 19.4 Å². The summed E-state index contributed by atoms with van der Waals surface area (Å²) in [6, 6.07) is 20.3. The minimum absolute atomic E-state index is 0.324. The Kier molecular flexibility index (Phi) is 8.07. The van der Waals surface area contributed by atoms with Crippen LogP contribution in [0.5, 0.6) is 11.5 Å². The van der Waals surface area contributed by atoms with Gasteiger partial charge in [0.25, 0.3) is 5.91 Å². The molecule has 3 aromatic rings. The van der Waals surface area contributed by atoms with Crippen molar-refractivity contribution < 1.29 is 14.3 Å². The molecule has 0 aliphatic heterocycles. The first-order valence-electron chi connectivity index (χ1n) is 10.0. The molecule has 3 aromatic carbocycles. The topological polar surface area (TPSA) is 59.9 Å². The second kappa shape index (κ2) is 11.2. The number of aryl methyl sites for hydroxylation is 2. The number of nitrogens with zero attached hydrogens (tertiary/aromatic N) is 1. The van der Waals surface area contributed by atoms with Gasteiger partial charge in [-0.15, -0.1) is 0 Å². The van der Waals surface area contributed by atoms with E-state index < -0.39 is 0 Å². The van der Waals surface area contributed by atoms with Crippen molar-refractivity contribution in [2.24, 2.45) is 5.10 Å². The number of carbonyl (C=O) groups excluding carboxylic acids is 1. The number of carbonyl (C=O) groups is 1. The molecule has 1 N–H and O–H groups in total. The zero-order valence-corrected chi connectivity index (χ0v) is 18.4. The van der Waals surface area contributed by atoms with E-state index in [4.69, 9.17) is 21.1 Å². The van der Waals surface area contributed by atoms with Crippen molar-refractivity contribution in [1.82, 2.24) is 5.43 Å². The molecule has 0 aromatic heterocycles. The maximum Gasteiger partial charge on any atom is 0.271 e. The molecule has 0 aliphatic carbocycles. The minimum atomic E-state index is -0.324. The summed E-state index contributed by atoms with van der Waals surface area (Å²) in [5.74, 6) is 1.35. The van der Waals surface area contributed by atoms with Gasteiger partial charge in [0.2, 0.25) is 0 Å². The van der Waals surface area contributed by atoms with Crippen molar-refractivity contribution >= 4 is 23.7 Å². The Morgan fingerprint density at radius 2 is 1.68 bits per heavy atom. The van der Waals surface area contributed by atoms with Crippen LogP contribution in [0.15, 0.2) is 71.8 Å². The average molecular weight is 437 g/mol. The maximum absolute atomic E-state index is 12.1. The lowest BCUT2D eigenvalue weighted by Crippen LogP contribution is -2.17. The van der Waals surface area contributed by atoms with Crippen LogP contribution >= 0.6 is 11.6 Å². The summed E-state index contributed by atoms with van der Waals surface area (Å²) >= 11 is 5.90. The Bertz CT molecular complexity index is 1050. The summed E-state index contributed by atoms with van der Waals surface area (Å²) < 4.78 is 11.7. The molecule has 5 nitrogen and oxygen atoms in total. The molecule has 6 heteroatoms. The normalized spacial score (nSPS) is 10.8. The monoisotopic (exact) mass is 436 g/mol. The predicted octanol–water partition coefficient (Wildman–Crippen LogP) is 5.57. The highest BCUT2D eigenvalue weighted by molar-refractivity contribution is 6.30. The molecule has 0 radical (unpaired) electrons. The van der Waals surface area contributed by atoms with Crippen LogP contribution in [0.1, 0.15) is 33.5 Å². The number of hydrogen-bond donors (Lipinski definition) is 1. The van der Waals surface area contributed by atoms with Crippen LogP contribution in [0.25, 0.3) is 0 Å². The molecule has 31 heavy (non-hydrogen) atoms. The van der Waals surface area contributed by atoms with Gasteiger partial charge in [0.15, 0.2) is 0 Å². The van der Waals surface area contributed by atoms with Crippen LogP contribution in [0.3, 0.4) is 0 Å². The van der Waals surface area contributed by atoms with Crippen LogP contribution in [-0.2, 0) is 0 Å². The number of halogens is 1. The largest absolute Gasteiger partial charge is 0.493 e. The summed E-state index contributed by atoms with van der Waals surface area (Å²) in [6.07, 6.45) is 2.33. The van der Waals surface area contributed by atoms with Gasteiger partial charge in [-0.25, -0.2) is 5.43 Å². The number of rotatable bonds is 9. The highest BCUT2D eigenvalue weighted by atomic mass is 35.5. The van der Waals surface area contributed by atoms with E-state index >= 15 is 0 Å². The number of nitrogens with one attached hydrogen (secondary N) is 1. The van der Waals surface area contributed by atoms with Gasteiger partial charge >= 0.3 is 0 Å². The molecule has 0 fully saturated rings.